The van der Waals surface area contributed by atoms with Crippen molar-refractivity contribution in [3.8, 4) is 0 Å². The normalized spacial score (nSPS) is 15.9. The minimum absolute atomic E-state index is 0.0269. The van der Waals surface area contributed by atoms with Gasteiger partial charge in [0.1, 0.15) is 0 Å². The van der Waals surface area contributed by atoms with E-state index in [0.717, 1.165) is 27.9 Å². The summed E-state index contributed by atoms with van der Waals surface area (Å²) < 4.78 is 0. The van der Waals surface area contributed by atoms with Gasteiger partial charge in [-0.1, -0.05) is 48.0 Å². The van der Waals surface area contributed by atoms with Crippen molar-refractivity contribution in [3.63, 3.8) is 0 Å². The first kappa shape index (κ1) is 21.6. The minimum atomic E-state index is -0.415. The fraction of sp³-hybridized carbons (Fsp3) is 0.375. The van der Waals surface area contributed by atoms with Crippen LogP contribution in [0.2, 0.25) is 0 Å². The SMILES string of the molecule is Cc1cc(C)c(NC(=O)CN(C)C(=O)[C@@H]2CC(=O)N(Cc3ccccc3)C2)c(C)c1. The van der Waals surface area contributed by atoms with Gasteiger partial charge in [-0.05, 0) is 37.5 Å². The lowest BCUT2D eigenvalue weighted by Gasteiger charge is -2.22. The molecule has 30 heavy (non-hydrogen) atoms. The van der Waals surface area contributed by atoms with Crippen molar-refractivity contribution in [3.05, 3.63) is 64.7 Å². The highest BCUT2D eigenvalue weighted by atomic mass is 16.2. The Morgan fingerprint density at radius 1 is 1.10 bits per heavy atom. The molecule has 1 saturated heterocycles. The van der Waals surface area contributed by atoms with Crippen LogP contribution in [0.15, 0.2) is 42.5 Å². The quantitative estimate of drug-likeness (QED) is 0.800. The second-order valence-electron chi connectivity index (χ2n) is 8.18. The number of hydrogen-bond acceptors (Lipinski definition) is 3. The summed E-state index contributed by atoms with van der Waals surface area (Å²) in [6.45, 7) is 6.76. The van der Waals surface area contributed by atoms with E-state index < -0.39 is 5.92 Å². The summed E-state index contributed by atoms with van der Waals surface area (Å²) >= 11 is 0. The van der Waals surface area contributed by atoms with Gasteiger partial charge in [0.25, 0.3) is 0 Å². The number of hydrogen-bond donors (Lipinski definition) is 1. The summed E-state index contributed by atoms with van der Waals surface area (Å²) in [6, 6.07) is 13.8. The number of carbonyl (C=O) groups is 3. The summed E-state index contributed by atoms with van der Waals surface area (Å²) in [5.74, 6) is -0.861. The molecule has 1 N–H and O–H groups in total. The lowest BCUT2D eigenvalue weighted by molar-refractivity contribution is -0.137. The van der Waals surface area contributed by atoms with Crippen LogP contribution in [0.3, 0.4) is 0 Å². The van der Waals surface area contributed by atoms with Gasteiger partial charge in [0, 0.05) is 32.2 Å². The van der Waals surface area contributed by atoms with E-state index >= 15 is 0 Å². The molecule has 6 heteroatoms. The Bertz CT molecular complexity index is 932. The number of benzene rings is 2. The third kappa shape index (κ3) is 5.06. The molecular weight excluding hydrogens is 378 g/mol. The van der Waals surface area contributed by atoms with Gasteiger partial charge in [-0.25, -0.2) is 0 Å². The summed E-state index contributed by atoms with van der Waals surface area (Å²) in [7, 11) is 1.61. The van der Waals surface area contributed by atoms with E-state index in [9.17, 15) is 14.4 Å². The molecule has 0 aromatic heterocycles. The van der Waals surface area contributed by atoms with E-state index in [1.54, 1.807) is 11.9 Å². The first-order chi connectivity index (χ1) is 14.2. The van der Waals surface area contributed by atoms with Crippen molar-refractivity contribution in [1.29, 1.82) is 0 Å². The molecule has 0 spiro atoms. The van der Waals surface area contributed by atoms with E-state index in [1.165, 1.54) is 4.90 Å². The molecule has 3 amide bonds. The number of anilines is 1. The largest absolute Gasteiger partial charge is 0.338 e. The number of nitrogens with one attached hydrogen (secondary N) is 1. The number of likely N-dealkylation sites (N-methyl/N-ethyl adjacent to an activating group) is 1. The zero-order chi connectivity index (χ0) is 21.8. The first-order valence-electron chi connectivity index (χ1n) is 10.2. The number of likely N-dealkylation sites (tertiary alicyclic amines) is 1. The molecule has 0 saturated carbocycles. The van der Waals surface area contributed by atoms with Crippen molar-refractivity contribution in [2.24, 2.45) is 5.92 Å². The maximum absolute atomic E-state index is 12.8. The molecule has 0 radical (unpaired) electrons. The average Bonchev–Trinajstić information content (AvgIpc) is 3.05. The Labute approximate surface area is 177 Å². The van der Waals surface area contributed by atoms with Crippen LogP contribution in [0.4, 0.5) is 5.69 Å². The maximum atomic E-state index is 12.8. The summed E-state index contributed by atoms with van der Waals surface area (Å²) in [4.78, 5) is 40.8. The van der Waals surface area contributed by atoms with Gasteiger partial charge in [-0.2, -0.15) is 0 Å². The van der Waals surface area contributed by atoms with Crippen LogP contribution in [0.5, 0.6) is 0 Å². The van der Waals surface area contributed by atoms with Gasteiger partial charge in [0.15, 0.2) is 0 Å². The number of amides is 3. The van der Waals surface area contributed by atoms with Crippen LogP contribution in [0.1, 0.15) is 28.7 Å². The number of rotatable bonds is 6. The average molecular weight is 408 g/mol. The molecule has 1 heterocycles. The molecule has 6 nitrogen and oxygen atoms in total. The minimum Gasteiger partial charge on any atom is -0.338 e. The molecule has 3 rings (SSSR count). The zero-order valence-electron chi connectivity index (χ0n) is 18.1. The highest BCUT2D eigenvalue weighted by Crippen LogP contribution is 2.23. The van der Waals surface area contributed by atoms with E-state index in [1.807, 2.05) is 63.2 Å². The third-order valence-corrected chi connectivity index (χ3v) is 5.48. The molecule has 1 fully saturated rings. The van der Waals surface area contributed by atoms with E-state index in [4.69, 9.17) is 0 Å². The third-order valence-electron chi connectivity index (χ3n) is 5.48. The highest BCUT2D eigenvalue weighted by Gasteiger charge is 2.36. The molecule has 0 aliphatic carbocycles. The number of nitrogens with zero attached hydrogens (tertiary/aromatic N) is 2. The molecule has 1 aliphatic rings. The van der Waals surface area contributed by atoms with E-state index in [0.29, 0.717) is 13.1 Å². The van der Waals surface area contributed by atoms with Crippen LogP contribution >= 0.6 is 0 Å². The van der Waals surface area contributed by atoms with Gasteiger partial charge in [0.2, 0.25) is 17.7 Å². The highest BCUT2D eigenvalue weighted by molar-refractivity contribution is 5.97. The molecule has 0 bridgehead atoms. The Hall–Kier alpha value is -3.15. The lowest BCUT2D eigenvalue weighted by atomic mass is 10.0. The lowest BCUT2D eigenvalue weighted by Crippen LogP contribution is -2.39. The summed E-state index contributed by atoms with van der Waals surface area (Å²) in [6.07, 6.45) is 0.188. The Balaban J connectivity index is 1.57. The summed E-state index contributed by atoms with van der Waals surface area (Å²) in [5, 5.41) is 2.92. The second kappa shape index (κ2) is 9.11. The molecule has 2 aromatic rings. The monoisotopic (exact) mass is 407 g/mol. The van der Waals surface area contributed by atoms with Crippen molar-refractivity contribution < 1.29 is 14.4 Å². The standard InChI is InChI=1S/C24H29N3O3/c1-16-10-17(2)23(18(3)11-16)25-21(28)15-26(4)24(30)20-12-22(29)27(14-20)13-19-8-6-5-7-9-19/h5-11,20H,12-15H2,1-4H3,(H,25,28)/t20-/m1/s1. The van der Waals surface area contributed by atoms with Crippen LogP contribution < -0.4 is 5.32 Å². The first-order valence-corrected chi connectivity index (χ1v) is 10.2. The number of carbonyl (C=O) groups excluding carboxylic acids is 3. The van der Waals surface area contributed by atoms with Gasteiger partial charge in [-0.3, -0.25) is 14.4 Å². The van der Waals surface area contributed by atoms with Gasteiger partial charge in [-0.15, -0.1) is 0 Å². The Kier molecular flexibility index (Phi) is 6.55. The van der Waals surface area contributed by atoms with Crippen molar-refractivity contribution in [2.45, 2.75) is 33.7 Å². The van der Waals surface area contributed by atoms with Crippen LogP contribution in [0, 0.1) is 26.7 Å². The molecule has 1 aliphatic heterocycles. The van der Waals surface area contributed by atoms with Gasteiger partial charge >= 0.3 is 0 Å². The molecule has 158 valence electrons. The van der Waals surface area contributed by atoms with Crippen LogP contribution in [-0.4, -0.2) is 47.7 Å². The topological polar surface area (TPSA) is 69.7 Å². The molecule has 0 unspecified atom stereocenters. The Morgan fingerprint density at radius 2 is 1.73 bits per heavy atom. The second-order valence-corrected chi connectivity index (χ2v) is 8.18. The predicted molar refractivity (Wildman–Crippen MR) is 117 cm³/mol. The maximum Gasteiger partial charge on any atom is 0.243 e. The predicted octanol–water partition coefficient (Wildman–Crippen LogP) is 3.06. The van der Waals surface area contributed by atoms with Gasteiger partial charge < -0.3 is 15.1 Å². The fourth-order valence-electron chi connectivity index (χ4n) is 4.06. The summed E-state index contributed by atoms with van der Waals surface area (Å²) in [5.41, 5.74) is 4.95. The smallest absolute Gasteiger partial charge is 0.243 e. The van der Waals surface area contributed by atoms with Crippen molar-refractivity contribution in [1.82, 2.24) is 9.80 Å². The number of aryl methyl sites for hydroxylation is 3. The van der Waals surface area contributed by atoms with Crippen LogP contribution in [-0.2, 0) is 20.9 Å². The van der Waals surface area contributed by atoms with Crippen molar-refractivity contribution >= 4 is 23.4 Å². The fourth-order valence-corrected chi connectivity index (χ4v) is 4.06. The van der Waals surface area contributed by atoms with Crippen LogP contribution in [0.25, 0.3) is 0 Å². The molecule has 2 aromatic carbocycles. The van der Waals surface area contributed by atoms with E-state index in [-0.39, 0.29) is 30.7 Å². The molecular formula is C24H29N3O3. The Morgan fingerprint density at radius 3 is 2.37 bits per heavy atom. The van der Waals surface area contributed by atoms with Crippen molar-refractivity contribution in [2.75, 3.05) is 25.5 Å². The zero-order valence-corrected chi connectivity index (χ0v) is 18.1. The van der Waals surface area contributed by atoms with Gasteiger partial charge in [0.05, 0.1) is 12.5 Å². The molecule has 1 atom stereocenters. The van der Waals surface area contributed by atoms with E-state index in [2.05, 4.69) is 5.32 Å².